The summed E-state index contributed by atoms with van der Waals surface area (Å²) in [6.45, 7) is 7.49. The molecule has 3 aromatic rings. The van der Waals surface area contributed by atoms with Crippen LogP contribution >= 0.6 is 15.9 Å². The number of nitrogens with zero attached hydrogens (tertiary/aromatic N) is 3. The molecule has 8 nitrogen and oxygen atoms in total. The van der Waals surface area contributed by atoms with E-state index in [1.807, 2.05) is 25.1 Å². The van der Waals surface area contributed by atoms with Gasteiger partial charge in [0, 0.05) is 16.0 Å². The van der Waals surface area contributed by atoms with Crippen LogP contribution in [0.25, 0.3) is 10.9 Å². The highest BCUT2D eigenvalue weighted by Crippen LogP contribution is 2.35. The number of halogens is 1. The van der Waals surface area contributed by atoms with Crippen molar-refractivity contribution in [3.63, 3.8) is 0 Å². The van der Waals surface area contributed by atoms with E-state index in [1.54, 1.807) is 24.4 Å². The Kier molecular flexibility index (Phi) is 8.99. The highest BCUT2D eigenvalue weighted by molar-refractivity contribution is 9.10. The monoisotopic (exact) mass is 581 g/mol. The van der Waals surface area contributed by atoms with Crippen LogP contribution in [0.5, 0.6) is 11.5 Å². The van der Waals surface area contributed by atoms with E-state index in [-0.39, 0.29) is 11.5 Å². The summed E-state index contributed by atoms with van der Waals surface area (Å²) in [5.74, 6) is 0.517. The number of carboxylic acid groups (broad SMARTS) is 1. The number of carboxylic acids is 1. The molecule has 0 unspecified atom stereocenters. The van der Waals surface area contributed by atoms with E-state index in [9.17, 15) is 14.7 Å². The summed E-state index contributed by atoms with van der Waals surface area (Å²) >= 11 is 3.45. The van der Waals surface area contributed by atoms with Crippen LogP contribution in [0.15, 0.2) is 57.4 Å². The fourth-order valence-corrected chi connectivity index (χ4v) is 5.08. The Morgan fingerprint density at radius 2 is 2.05 bits per heavy atom. The van der Waals surface area contributed by atoms with Crippen LogP contribution in [-0.2, 0) is 11.2 Å². The Labute approximate surface area is 230 Å². The van der Waals surface area contributed by atoms with Crippen molar-refractivity contribution in [3.05, 3.63) is 74.8 Å². The molecule has 0 aliphatic heterocycles. The maximum absolute atomic E-state index is 13.6. The number of ether oxygens (including phenoxy) is 2. The van der Waals surface area contributed by atoms with Gasteiger partial charge in [0.1, 0.15) is 5.82 Å². The Morgan fingerprint density at radius 3 is 2.74 bits per heavy atom. The number of rotatable bonds is 10. The first-order chi connectivity index (χ1) is 18.3. The summed E-state index contributed by atoms with van der Waals surface area (Å²) in [7, 11) is 0. The summed E-state index contributed by atoms with van der Waals surface area (Å²) in [4.78, 5) is 29.9. The number of aromatic nitrogens is 2. The molecule has 1 aliphatic rings. The van der Waals surface area contributed by atoms with E-state index in [0.717, 1.165) is 30.2 Å². The van der Waals surface area contributed by atoms with Crippen molar-refractivity contribution >= 4 is 39.0 Å². The van der Waals surface area contributed by atoms with Crippen LogP contribution < -0.4 is 15.0 Å². The molecule has 0 saturated heterocycles. The fraction of sp³-hybridized carbons (Fsp3) is 0.379. The molecule has 0 radical (unpaired) electrons. The van der Waals surface area contributed by atoms with Gasteiger partial charge in [0.25, 0.3) is 5.56 Å². The molecule has 1 saturated carbocycles. The van der Waals surface area contributed by atoms with Crippen molar-refractivity contribution in [1.29, 1.82) is 0 Å². The Morgan fingerprint density at radius 1 is 1.29 bits per heavy atom. The number of allylic oxidation sites excluding steroid dienone is 1. The average molecular weight is 582 g/mol. The maximum Gasteiger partial charge on any atom is 0.344 e. The highest BCUT2D eigenvalue weighted by Gasteiger charge is 2.23. The van der Waals surface area contributed by atoms with Crippen LogP contribution in [0.2, 0.25) is 0 Å². The minimum atomic E-state index is -1.08. The molecule has 1 heterocycles. The lowest BCUT2D eigenvalue weighted by atomic mass is 9.88. The Balaban J connectivity index is 1.83. The van der Waals surface area contributed by atoms with Crippen LogP contribution in [0.1, 0.15) is 68.8 Å². The van der Waals surface area contributed by atoms with Crippen molar-refractivity contribution in [2.24, 2.45) is 5.10 Å². The van der Waals surface area contributed by atoms with Crippen molar-refractivity contribution in [2.75, 3.05) is 6.61 Å². The number of benzene rings is 2. The zero-order chi connectivity index (χ0) is 27.2. The molecule has 1 fully saturated rings. The summed E-state index contributed by atoms with van der Waals surface area (Å²) in [5, 5.41) is 14.5. The first-order valence-electron chi connectivity index (χ1n) is 12.9. The lowest BCUT2D eigenvalue weighted by Crippen LogP contribution is -2.25. The molecular weight excluding hydrogens is 550 g/mol. The van der Waals surface area contributed by atoms with Gasteiger partial charge < -0.3 is 14.6 Å². The van der Waals surface area contributed by atoms with Gasteiger partial charge in [-0.2, -0.15) is 9.78 Å². The first kappa shape index (κ1) is 27.6. The third-order valence-corrected chi connectivity index (χ3v) is 7.08. The largest absolute Gasteiger partial charge is 0.490 e. The van der Waals surface area contributed by atoms with Crippen molar-refractivity contribution in [2.45, 2.75) is 64.4 Å². The number of fused-ring (bicyclic) bond motifs is 1. The standard InChI is InChI=1S/C29H32BrN3O5/c1-4-9-21-14-19(15-25(37-5-2)26(21)38-18(3)29(35)36)17-31-33-27(20-10-7-6-8-11-20)32-24-13-12-22(30)16-23(24)28(33)34/h4,12-18,20H,1,5-11H2,2-3H3,(H,35,36)/t18-/m0/s1. The summed E-state index contributed by atoms with van der Waals surface area (Å²) in [5.41, 5.74) is 1.82. The van der Waals surface area contributed by atoms with E-state index >= 15 is 0 Å². The maximum atomic E-state index is 13.6. The van der Waals surface area contributed by atoms with Crippen LogP contribution in [0.4, 0.5) is 0 Å². The van der Waals surface area contributed by atoms with Gasteiger partial charge in [0.05, 0.1) is 23.7 Å². The Bertz CT molecular complexity index is 1430. The van der Waals surface area contributed by atoms with Gasteiger partial charge in [0.15, 0.2) is 17.6 Å². The van der Waals surface area contributed by atoms with E-state index < -0.39 is 12.1 Å². The molecular formula is C29H32BrN3O5. The predicted octanol–water partition coefficient (Wildman–Crippen LogP) is 6.07. The van der Waals surface area contributed by atoms with E-state index in [2.05, 4.69) is 27.6 Å². The molecule has 1 atom stereocenters. The van der Waals surface area contributed by atoms with Gasteiger partial charge in [-0.15, -0.1) is 6.58 Å². The Hall–Kier alpha value is -3.46. The zero-order valence-corrected chi connectivity index (χ0v) is 23.2. The second-order valence-electron chi connectivity index (χ2n) is 9.36. The first-order valence-corrected chi connectivity index (χ1v) is 13.7. The highest BCUT2D eigenvalue weighted by atomic mass is 79.9. The van der Waals surface area contributed by atoms with Gasteiger partial charge in [-0.1, -0.05) is 41.3 Å². The lowest BCUT2D eigenvalue weighted by molar-refractivity contribution is -0.144. The topological polar surface area (TPSA) is 103 Å². The SMILES string of the molecule is C=CCc1cc(C=Nn2c(C3CCCCC3)nc3ccc(Br)cc3c2=O)cc(OCC)c1O[C@@H](C)C(=O)O. The molecule has 1 N–H and O–H groups in total. The summed E-state index contributed by atoms with van der Waals surface area (Å²) in [6, 6.07) is 9.09. The number of hydrogen-bond acceptors (Lipinski definition) is 6. The van der Waals surface area contributed by atoms with Gasteiger partial charge in [-0.25, -0.2) is 9.78 Å². The minimum Gasteiger partial charge on any atom is -0.490 e. The van der Waals surface area contributed by atoms with E-state index in [1.165, 1.54) is 18.0 Å². The van der Waals surface area contributed by atoms with Crippen LogP contribution in [0, 0.1) is 0 Å². The van der Waals surface area contributed by atoms with Gasteiger partial charge in [-0.05, 0) is 69.0 Å². The molecule has 1 aromatic heterocycles. The smallest absolute Gasteiger partial charge is 0.344 e. The second-order valence-corrected chi connectivity index (χ2v) is 10.3. The third kappa shape index (κ3) is 6.15. The van der Waals surface area contributed by atoms with Crippen molar-refractivity contribution in [1.82, 2.24) is 9.66 Å². The molecule has 38 heavy (non-hydrogen) atoms. The van der Waals surface area contributed by atoms with Crippen LogP contribution in [0.3, 0.4) is 0 Å². The molecule has 0 spiro atoms. The molecule has 0 amide bonds. The number of carbonyl (C=O) groups is 1. The average Bonchev–Trinajstić information content (AvgIpc) is 2.90. The van der Waals surface area contributed by atoms with Crippen molar-refractivity contribution in [3.8, 4) is 11.5 Å². The molecule has 2 aromatic carbocycles. The van der Waals surface area contributed by atoms with Crippen molar-refractivity contribution < 1.29 is 19.4 Å². The van der Waals surface area contributed by atoms with E-state index in [4.69, 9.17) is 14.5 Å². The van der Waals surface area contributed by atoms with E-state index in [0.29, 0.717) is 52.4 Å². The van der Waals surface area contributed by atoms with Crippen LogP contribution in [-0.4, -0.2) is 39.7 Å². The van der Waals surface area contributed by atoms with Gasteiger partial charge >= 0.3 is 5.97 Å². The number of hydrogen-bond donors (Lipinski definition) is 1. The number of aliphatic carboxylic acids is 1. The summed E-state index contributed by atoms with van der Waals surface area (Å²) in [6.07, 6.45) is 8.01. The van der Waals surface area contributed by atoms with Gasteiger partial charge in [0.2, 0.25) is 0 Å². The molecule has 0 bridgehead atoms. The zero-order valence-electron chi connectivity index (χ0n) is 21.7. The summed E-state index contributed by atoms with van der Waals surface area (Å²) < 4.78 is 13.8. The fourth-order valence-electron chi connectivity index (χ4n) is 4.72. The third-order valence-electron chi connectivity index (χ3n) is 6.59. The molecule has 200 valence electrons. The lowest BCUT2D eigenvalue weighted by Gasteiger charge is -2.23. The predicted molar refractivity (Wildman–Crippen MR) is 152 cm³/mol. The molecule has 4 rings (SSSR count). The second kappa shape index (κ2) is 12.4. The molecule has 1 aliphatic carbocycles. The normalized spacial score (nSPS) is 15.0. The minimum absolute atomic E-state index is 0.158. The quantitative estimate of drug-likeness (QED) is 0.230. The molecule has 9 heteroatoms. The van der Waals surface area contributed by atoms with Gasteiger partial charge in [-0.3, -0.25) is 4.79 Å².